The molecular formula is C22H16F3N3O. The summed E-state index contributed by atoms with van der Waals surface area (Å²) in [5.41, 5.74) is 3.68. The third-order valence-corrected chi connectivity index (χ3v) is 4.29. The number of alkyl halides is 3. The molecule has 146 valence electrons. The molecule has 0 unspecified atom stereocenters. The van der Waals surface area contributed by atoms with Crippen LogP contribution in [0.25, 0.3) is 22.2 Å². The van der Waals surface area contributed by atoms with Gasteiger partial charge in [0.25, 0.3) is 0 Å². The van der Waals surface area contributed by atoms with Gasteiger partial charge in [0.2, 0.25) is 0 Å². The Bertz CT molecular complexity index is 1130. The van der Waals surface area contributed by atoms with Crippen LogP contribution in [0.5, 0.6) is 5.75 Å². The number of hydrogen-bond acceptors (Lipinski definition) is 4. The molecular weight excluding hydrogens is 379 g/mol. The normalized spacial score (nSPS) is 11.4. The fourth-order valence-corrected chi connectivity index (χ4v) is 3.00. The highest BCUT2D eigenvalue weighted by atomic mass is 19.4. The lowest BCUT2D eigenvalue weighted by atomic mass is 10.1. The number of nitrogens with one attached hydrogen (secondary N) is 1. The Kier molecular flexibility index (Phi) is 5.03. The van der Waals surface area contributed by atoms with Gasteiger partial charge in [-0.05, 0) is 35.9 Å². The number of rotatable bonds is 5. The van der Waals surface area contributed by atoms with Gasteiger partial charge in [0.1, 0.15) is 5.75 Å². The molecule has 0 spiro atoms. The second-order valence-electron chi connectivity index (χ2n) is 6.36. The van der Waals surface area contributed by atoms with Gasteiger partial charge in [-0.3, -0.25) is 4.98 Å². The number of halogens is 3. The van der Waals surface area contributed by atoms with Gasteiger partial charge in [0.15, 0.2) is 0 Å². The lowest BCUT2D eigenvalue weighted by Crippen LogP contribution is -2.17. The number of nitrogens with zero attached hydrogens (tertiary/aromatic N) is 2. The Hall–Kier alpha value is -3.61. The van der Waals surface area contributed by atoms with Gasteiger partial charge in [-0.25, -0.2) is 4.98 Å². The predicted molar refractivity (Wildman–Crippen MR) is 105 cm³/mol. The summed E-state index contributed by atoms with van der Waals surface area (Å²) in [5.74, 6) is -0.278. The largest absolute Gasteiger partial charge is 0.573 e. The van der Waals surface area contributed by atoms with Gasteiger partial charge in [-0.2, -0.15) is 0 Å². The molecule has 0 aliphatic carbocycles. The molecule has 29 heavy (non-hydrogen) atoms. The Labute approximate surface area is 165 Å². The average Bonchev–Trinajstić information content (AvgIpc) is 2.71. The van der Waals surface area contributed by atoms with Crippen molar-refractivity contribution in [2.45, 2.75) is 12.9 Å². The van der Waals surface area contributed by atoms with E-state index < -0.39 is 6.36 Å². The molecule has 2 aromatic heterocycles. The quantitative estimate of drug-likeness (QED) is 0.463. The van der Waals surface area contributed by atoms with E-state index in [2.05, 4.69) is 20.0 Å². The fourth-order valence-electron chi connectivity index (χ4n) is 3.00. The van der Waals surface area contributed by atoms with Crippen molar-refractivity contribution in [1.82, 2.24) is 9.97 Å². The smallest absolute Gasteiger partial charge is 0.406 e. The van der Waals surface area contributed by atoms with Gasteiger partial charge in [-0.1, -0.05) is 36.4 Å². The van der Waals surface area contributed by atoms with E-state index in [9.17, 15) is 13.2 Å². The van der Waals surface area contributed by atoms with E-state index in [4.69, 9.17) is 0 Å². The molecule has 1 N–H and O–H groups in total. The van der Waals surface area contributed by atoms with Gasteiger partial charge in [-0.15, -0.1) is 13.2 Å². The van der Waals surface area contributed by atoms with E-state index in [0.717, 1.165) is 22.2 Å². The van der Waals surface area contributed by atoms with E-state index in [1.54, 1.807) is 24.5 Å². The molecule has 0 radical (unpaired) electrons. The van der Waals surface area contributed by atoms with Crippen molar-refractivity contribution in [3.05, 3.63) is 84.7 Å². The molecule has 0 bridgehead atoms. The molecule has 0 aliphatic rings. The lowest BCUT2D eigenvalue weighted by Gasteiger charge is -2.12. The van der Waals surface area contributed by atoms with Crippen LogP contribution in [0.1, 0.15) is 5.56 Å². The van der Waals surface area contributed by atoms with Gasteiger partial charge in [0, 0.05) is 29.9 Å². The van der Waals surface area contributed by atoms with Gasteiger partial charge in [0.05, 0.1) is 16.9 Å². The first-order chi connectivity index (χ1) is 14.0. The van der Waals surface area contributed by atoms with Gasteiger partial charge < -0.3 is 10.1 Å². The minimum atomic E-state index is -4.74. The Morgan fingerprint density at radius 2 is 1.79 bits per heavy atom. The number of benzene rings is 2. The molecule has 2 heterocycles. The SMILES string of the molecule is FC(F)(F)Oc1cccc(-c2ccc3cccc(NCc4cccnc4)c3n2)c1. The Morgan fingerprint density at radius 1 is 0.931 bits per heavy atom. The molecule has 0 saturated carbocycles. The van der Waals surface area contributed by atoms with Crippen LogP contribution in [0.2, 0.25) is 0 Å². The van der Waals surface area contributed by atoms with Crippen LogP contribution in [0.3, 0.4) is 0 Å². The van der Waals surface area contributed by atoms with E-state index in [0.29, 0.717) is 17.8 Å². The van der Waals surface area contributed by atoms with E-state index in [1.807, 2.05) is 36.4 Å². The van der Waals surface area contributed by atoms with Crippen LogP contribution >= 0.6 is 0 Å². The first-order valence-electron chi connectivity index (χ1n) is 8.87. The topological polar surface area (TPSA) is 47.0 Å². The molecule has 0 atom stereocenters. The van der Waals surface area contributed by atoms with Crippen LogP contribution in [0.4, 0.5) is 18.9 Å². The molecule has 0 saturated heterocycles. The summed E-state index contributed by atoms with van der Waals surface area (Å²) in [5, 5.41) is 4.27. The number of hydrogen-bond donors (Lipinski definition) is 1. The van der Waals surface area contributed by atoms with E-state index >= 15 is 0 Å². The molecule has 4 rings (SSSR count). The van der Waals surface area contributed by atoms with Crippen molar-refractivity contribution in [3.8, 4) is 17.0 Å². The highest BCUT2D eigenvalue weighted by Crippen LogP contribution is 2.30. The van der Waals surface area contributed by atoms with Crippen molar-refractivity contribution < 1.29 is 17.9 Å². The maximum Gasteiger partial charge on any atom is 0.573 e. The van der Waals surface area contributed by atoms with E-state index in [-0.39, 0.29) is 5.75 Å². The van der Waals surface area contributed by atoms with Gasteiger partial charge >= 0.3 is 6.36 Å². The summed E-state index contributed by atoms with van der Waals surface area (Å²) in [6.45, 7) is 0.577. The monoisotopic (exact) mass is 395 g/mol. The van der Waals surface area contributed by atoms with Crippen molar-refractivity contribution in [3.63, 3.8) is 0 Å². The summed E-state index contributed by atoms with van der Waals surface area (Å²) >= 11 is 0. The number of para-hydroxylation sites is 1. The minimum absolute atomic E-state index is 0.278. The zero-order chi connectivity index (χ0) is 20.3. The van der Waals surface area contributed by atoms with Crippen LogP contribution < -0.4 is 10.1 Å². The summed E-state index contributed by atoms with van der Waals surface area (Å²) < 4.78 is 41.5. The predicted octanol–water partition coefficient (Wildman–Crippen LogP) is 5.81. The Balaban J connectivity index is 1.66. The number of fused-ring (bicyclic) bond motifs is 1. The highest BCUT2D eigenvalue weighted by Gasteiger charge is 2.31. The number of ether oxygens (including phenoxy) is 1. The molecule has 0 aliphatic heterocycles. The standard InChI is InChI=1S/C22H16F3N3O/c23-22(24,25)29-18-7-1-6-17(12-18)19-10-9-16-5-2-8-20(21(16)28-19)27-14-15-4-3-11-26-13-15/h1-13,27H,14H2. The lowest BCUT2D eigenvalue weighted by molar-refractivity contribution is -0.274. The molecule has 4 nitrogen and oxygen atoms in total. The Morgan fingerprint density at radius 3 is 2.59 bits per heavy atom. The second-order valence-corrected chi connectivity index (χ2v) is 6.36. The zero-order valence-corrected chi connectivity index (χ0v) is 15.1. The fraction of sp³-hybridized carbons (Fsp3) is 0.0909. The van der Waals surface area contributed by atoms with Crippen LogP contribution in [-0.2, 0) is 6.54 Å². The molecule has 7 heteroatoms. The summed E-state index contributed by atoms with van der Waals surface area (Å²) in [7, 11) is 0. The molecule has 2 aromatic carbocycles. The second kappa shape index (κ2) is 7.79. The maximum atomic E-state index is 12.5. The third kappa shape index (κ3) is 4.63. The first kappa shape index (κ1) is 18.7. The zero-order valence-electron chi connectivity index (χ0n) is 15.1. The van der Waals surface area contributed by atoms with Crippen molar-refractivity contribution in [2.24, 2.45) is 0 Å². The summed E-state index contributed by atoms with van der Waals surface area (Å²) in [6.07, 6.45) is -1.24. The molecule has 0 fully saturated rings. The average molecular weight is 395 g/mol. The van der Waals surface area contributed by atoms with Crippen LogP contribution in [0, 0.1) is 0 Å². The van der Waals surface area contributed by atoms with E-state index in [1.165, 1.54) is 18.2 Å². The summed E-state index contributed by atoms with van der Waals surface area (Å²) in [6, 6.07) is 19.1. The number of aromatic nitrogens is 2. The van der Waals surface area contributed by atoms with Crippen LogP contribution in [-0.4, -0.2) is 16.3 Å². The van der Waals surface area contributed by atoms with Crippen molar-refractivity contribution >= 4 is 16.6 Å². The van der Waals surface area contributed by atoms with Crippen LogP contribution in [0.15, 0.2) is 79.1 Å². The van der Waals surface area contributed by atoms with Crippen molar-refractivity contribution in [2.75, 3.05) is 5.32 Å². The highest BCUT2D eigenvalue weighted by molar-refractivity contribution is 5.92. The molecule has 0 amide bonds. The van der Waals surface area contributed by atoms with Crippen molar-refractivity contribution in [1.29, 1.82) is 0 Å². The molecule has 4 aromatic rings. The first-order valence-corrected chi connectivity index (χ1v) is 8.87. The third-order valence-electron chi connectivity index (χ3n) is 4.29. The number of pyridine rings is 2. The number of anilines is 1. The summed E-state index contributed by atoms with van der Waals surface area (Å²) in [4.78, 5) is 8.78. The maximum absolute atomic E-state index is 12.5. The minimum Gasteiger partial charge on any atom is -0.406 e.